The summed E-state index contributed by atoms with van der Waals surface area (Å²) >= 11 is 0. The van der Waals surface area contributed by atoms with Crippen LogP contribution in [0, 0.1) is 0 Å². The second kappa shape index (κ2) is 8.35. The molecule has 0 aliphatic carbocycles. The van der Waals surface area contributed by atoms with Crippen LogP contribution in [0.15, 0.2) is 70.6 Å². The molecule has 0 saturated carbocycles. The average Bonchev–Trinajstić information content (AvgIpc) is 2.78. The molecule has 0 radical (unpaired) electrons. The Morgan fingerprint density at radius 3 is 2.38 bits per heavy atom. The topological polar surface area (TPSA) is 59.0 Å². The van der Waals surface area contributed by atoms with Gasteiger partial charge < -0.3 is 4.74 Å². The molecule has 150 valence electrons. The quantitative estimate of drug-likeness (QED) is 0.571. The Bertz CT molecular complexity index is 1130. The van der Waals surface area contributed by atoms with Gasteiger partial charge in [0.2, 0.25) is 10.0 Å². The van der Waals surface area contributed by atoms with E-state index in [1.54, 1.807) is 41.9 Å². The number of fused-ring (bicyclic) bond motifs is 1. The van der Waals surface area contributed by atoms with Gasteiger partial charge in [-0.15, -0.1) is 0 Å². The molecule has 5 nitrogen and oxygen atoms in total. The van der Waals surface area contributed by atoms with Crippen LogP contribution in [0.25, 0.3) is 10.8 Å². The molecule has 29 heavy (non-hydrogen) atoms. The fourth-order valence-corrected chi connectivity index (χ4v) is 5.20. The van der Waals surface area contributed by atoms with Crippen LogP contribution < -0.4 is 4.74 Å². The van der Waals surface area contributed by atoms with Gasteiger partial charge in [-0.05, 0) is 53.9 Å². The third-order valence-corrected chi connectivity index (χ3v) is 7.20. The number of aliphatic imine (C=N–C) groups is 1. The van der Waals surface area contributed by atoms with Gasteiger partial charge in [-0.2, -0.15) is 4.31 Å². The number of sulfonamides is 1. The highest BCUT2D eigenvalue weighted by molar-refractivity contribution is 7.89. The second-order valence-electron chi connectivity index (χ2n) is 7.12. The number of benzene rings is 3. The molecule has 1 aliphatic heterocycles. The molecule has 1 fully saturated rings. The van der Waals surface area contributed by atoms with Gasteiger partial charge in [0.1, 0.15) is 5.75 Å². The predicted molar refractivity (Wildman–Crippen MR) is 117 cm³/mol. The summed E-state index contributed by atoms with van der Waals surface area (Å²) in [5.41, 5.74) is 1.59. The Kier molecular flexibility index (Phi) is 5.65. The maximum absolute atomic E-state index is 12.8. The lowest BCUT2D eigenvalue weighted by atomic mass is 10.0. The fraction of sp³-hybridized carbons (Fsp3) is 0.261. The molecule has 4 rings (SSSR count). The molecule has 1 heterocycles. The van der Waals surface area contributed by atoms with Gasteiger partial charge in [0.15, 0.2) is 0 Å². The predicted octanol–water partition coefficient (Wildman–Crippen LogP) is 4.77. The molecule has 3 aromatic rings. The number of piperidine rings is 1. The normalized spacial score (nSPS) is 15.8. The first-order valence-electron chi connectivity index (χ1n) is 9.79. The summed E-state index contributed by atoms with van der Waals surface area (Å²) in [6.07, 6.45) is 4.72. The molecular weight excluding hydrogens is 384 g/mol. The summed E-state index contributed by atoms with van der Waals surface area (Å²) < 4.78 is 32.6. The van der Waals surface area contributed by atoms with E-state index in [0.29, 0.717) is 23.7 Å². The summed E-state index contributed by atoms with van der Waals surface area (Å²) in [5, 5.41) is 2.16. The van der Waals surface area contributed by atoms with Crippen molar-refractivity contribution in [3.63, 3.8) is 0 Å². The molecule has 0 amide bonds. The highest BCUT2D eigenvalue weighted by Crippen LogP contribution is 2.28. The Morgan fingerprint density at radius 2 is 1.66 bits per heavy atom. The number of methoxy groups -OCH3 is 1. The molecule has 1 aliphatic rings. The molecule has 0 atom stereocenters. The van der Waals surface area contributed by atoms with Crippen LogP contribution in [-0.2, 0) is 10.0 Å². The lowest BCUT2D eigenvalue weighted by molar-refractivity contribution is 0.346. The second-order valence-corrected chi connectivity index (χ2v) is 9.06. The smallest absolute Gasteiger partial charge is 0.243 e. The standard InChI is InChI=1S/C23H24N2O3S/c1-28-23-14-9-18-7-3-4-8-21(18)22(23)17-24-19-10-12-20(13-11-19)29(26,27)25-15-5-2-6-16-25/h3-4,7-14,17H,2,5-6,15-16H2,1H3. The lowest BCUT2D eigenvalue weighted by Crippen LogP contribution is -2.35. The minimum Gasteiger partial charge on any atom is -0.496 e. The van der Waals surface area contributed by atoms with E-state index in [0.717, 1.165) is 41.3 Å². The van der Waals surface area contributed by atoms with Crippen molar-refractivity contribution in [2.24, 2.45) is 4.99 Å². The molecule has 0 unspecified atom stereocenters. The van der Waals surface area contributed by atoms with Crippen molar-refractivity contribution in [3.05, 3.63) is 66.2 Å². The molecular formula is C23H24N2O3S. The zero-order chi connectivity index (χ0) is 20.3. The summed E-state index contributed by atoms with van der Waals surface area (Å²) in [4.78, 5) is 4.88. The van der Waals surface area contributed by atoms with E-state index in [1.165, 1.54) is 0 Å². The van der Waals surface area contributed by atoms with Crippen molar-refractivity contribution in [2.45, 2.75) is 24.2 Å². The van der Waals surface area contributed by atoms with Gasteiger partial charge in [0.25, 0.3) is 0 Å². The van der Waals surface area contributed by atoms with Crippen LogP contribution in [0.2, 0.25) is 0 Å². The Morgan fingerprint density at radius 1 is 0.931 bits per heavy atom. The fourth-order valence-electron chi connectivity index (χ4n) is 3.68. The van der Waals surface area contributed by atoms with Crippen LogP contribution in [0.5, 0.6) is 5.75 Å². The van der Waals surface area contributed by atoms with Crippen LogP contribution >= 0.6 is 0 Å². The maximum Gasteiger partial charge on any atom is 0.243 e. The molecule has 6 heteroatoms. The highest BCUT2D eigenvalue weighted by atomic mass is 32.2. The molecule has 0 N–H and O–H groups in total. The first-order valence-corrected chi connectivity index (χ1v) is 11.2. The summed E-state index contributed by atoms with van der Waals surface area (Å²) in [6.45, 7) is 1.20. The Balaban J connectivity index is 1.61. The van der Waals surface area contributed by atoms with Gasteiger partial charge >= 0.3 is 0 Å². The third kappa shape index (κ3) is 4.04. The van der Waals surface area contributed by atoms with Crippen molar-refractivity contribution in [1.82, 2.24) is 4.31 Å². The van der Waals surface area contributed by atoms with Crippen molar-refractivity contribution in [1.29, 1.82) is 0 Å². The van der Waals surface area contributed by atoms with Crippen LogP contribution in [0.3, 0.4) is 0 Å². The van der Waals surface area contributed by atoms with E-state index in [-0.39, 0.29) is 0 Å². The van der Waals surface area contributed by atoms with Crippen molar-refractivity contribution in [2.75, 3.05) is 20.2 Å². The zero-order valence-electron chi connectivity index (χ0n) is 16.4. The molecule has 0 bridgehead atoms. The van der Waals surface area contributed by atoms with Gasteiger partial charge in [-0.3, -0.25) is 4.99 Å². The Hall–Kier alpha value is -2.70. The van der Waals surface area contributed by atoms with Crippen LogP contribution in [0.1, 0.15) is 24.8 Å². The number of nitrogens with zero attached hydrogens (tertiary/aromatic N) is 2. The molecule has 0 spiro atoms. The first-order chi connectivity index (χ1) is 14.1. The largest absolute Gasteiger partial charge is 0.496 e. The first kappa shape index (κ1) is 19.6. The van der Waals surface area contributed by atoms with E-state index in [1.807, 2.05) is 36.4 Å². The van der Waals surface area contributed by atoms with Crippen molar-refractivity contribution >= 4 is 32.7 Å². The van der Waals surface area contributed by atoms with Gasteiger partial charge in [-0.25, -0.2) is 8.42 Å². The Labute approximate surface area is 171 Å². The minimum atomic E-state index is -3.42. The van der Waals surface area contributed by atoms with Gasteiger partial charge in [-0.1, -0.05) is 36.8 Å². The molecule has 3 aromatic carbocycles. The summed E-state index contributed by atoms with van der Waals surface area (Å²) in [6, 6.07) is 18.8. The van der Waals surface area contributed by atoms with Gasteiger partial charge in [0, 0.05) is 24.9 Å². The monoisotopic (exact) mass is 408 g/mol. The van der Waals surface area contributed by atoms with E-state index >= 15 is 0 Å². The summed E-state index contributed by atoms with van der Waals surface area (Å²) in [7, 11) is -1.78. The van der Waals surface area contributed by atoms with E-state index in [9.17, 15) is 8.42 Å². The highest BCUT2D eigenvalue weighted by Gasteiger charge is 2.25. The number of hydrogen-bond acceptors (Lipinski definition) is 4. The molecule has 0 aromatic heterocycles. The van der Waals surface area contributed by atoms with Crippen LogP contribution in [0.4, 0.5) is 5.69 Å². The average molecular weight is 409 g/mol. The van der Waals surface area contributed by atoms with Crippen LogP contribution in [-0.4, -0.2) is 39.1 Å². The van der Waals surface area contributed by atoms with Crippen molar-refractivity contribution < 1.29 is 13.2 Å². The SMILES string of the molecule is COc1ccc2ccccc2c1C=Nc1ccc(S(=O)(=O)N2CCCCC2)cc1. The summed E-state index contributed by atoms with van der Waals surface area (Å²) in [5.74, 6) is 0.747. The van der Waals surface area contributed by atoms with E-state index in [4.69, 9.17) is 4.74 Å². The minimum absolute atomic E-state index is 0.320. The third-order valence-electron chi connectivity index (χ3n) is 5.28. The van der Waals surface area contributed by atoms with Gasteiger partial charge in [0.05, 0.1) is 17.7 Å². The number of ether oxygens (including phenoxy) is 1. The lowest BCUT2D eigenvalue weighted by Gasteiger charge is -2.25. The van der Waals surface area contributed by atoms with Crippen molar-refractivity contribution in [3.8, 4) is 5.75 Å². The molecule has 1 saturated heterocycles. The number of rotatable bonds is 5. The van der Waals surface area contributed by atoms with E-state index in [2.05, 4.69) is 4.99 Å². The maximum atomic E-state index is 12.8. The zero-order valence-corrected chi connectivity index (χ0v) is 17.2. The van der Waals surface area contributed by atoms with E-state index < -0.39 is 10.0 Å². The number of hydrogen-bond donors (Lipinski definition) is 0.